The molecule has 0 aromatic rings. The number of amides is 2. The number of carbonyl (C=O) groups is 2. The van der Waals surface area contributed by atoms with Gasteiger partial charge in [-0.1, -0.05) is 0 Å². The molecule has 1 aliphatic carbocycles. The van der Waals surface area contributed by atoms with E-state index in [0.717, 1.165) is 0 Å². The minimum Gasteiger partial charge on any atom is -0.299 e. The Labute approximate surface area is 95.9 Å². The van der Waals surface area contributed by atoms with E-state index in [2.05, 4.69) is 18.9 Å². The quantitative estimate of drug-likeness (QED) is 0.660. The van der Waals surface area contributed by atoms with Gasteiger partial charge < -0.3 is 0 Å². The molecule has 1 heterocycles. The molecule has 2 amide bonds. The second kappa shape index (κ2) is 4.01. The number of imide groups is 1. The molecule has 4 nitrogen and oxygen atoms in total. The van der Waals surface area contributed by atoms with E-state index >= 15 is 0 Å². The van der Waals surface area contributed by atoms with Crippen LogP contribution in [0, 0.1) is 0 Å². The molecule has 0 aromatic heterocycles. The Morgan fingerprint density at radius 3 is 2.56 bits per heavy atom. The zero-order valence-electron chi connectivity index (χ0n) is 10.1. The molecule has 0 spiro atoms. The summed E-state index contributed by atoms with van der Waals surface area (Å²) in [4.78, 5) is 26.8. The van der Waals surface area contributed by atoms with Crippen LogP contribution in [-0.2, 0) is 9.59 Å². The van der Waals surface area contributed by atoms with Crippen LogP contribution in [0.1, 0.15) is 26.7 Å². The van der Waals surface area contributed by atoms with Gasteiger partial charge in [0.15, 0.2) is 0 Å². The summed E-state index contributed by atoms with van der Waals surface area (Å²) < 4.78 is 0. The van der Waals surface area contributed by atoms with E-state index in [-0.39, 0.29) is 17.9 Å². The SMILES string of the molecule is CC1=CC(=O)N(CC(C)N(C)C2CC2)C1=O. The molecule has 0 N–H and O–H groups in total. The van der Waals surface area contributed by atoms with Crippen molar-refractivity contribution in [1.29, 1.82) is 0 Å². The lowest BCUT2D eigenvalue weighted by atomic mass is 10.2. The van der Waals surface area contributed by atoms with Crippen molar-refractivity contribution in [2.24, 2.45) is 0 Å². The standard InChI is InChI=1S/C12H18N2O2/c1-8-6-11(15)14(12(8)16)7-9(2)13(3)10-4-5-10/h6,9-10H,4-5,7H2,1-3H3. The second-order valence-electron chi connectivity index (χ2n) is 4.83. The fourth-order valence-electron chi connectivity index (χ4n) is 2.05. The summed E-state index contributed by atoms with van der Waals surface area (Å²) in [6.07, 6.45) is 3.90. The molecule has 0 aromatic carbocycles. The first kappa shape index (κ1) is 11.3. The summed E-state index contributed by atoms with van der Waals surface area (Å²) in [5.74, 6) is -0.306. The van der Waals surface area contributed by atoms with Crippen molar-refractivity contribution < 1.29 is 9.59 Å². The van der Waals surface area contributed by atoms with Crippen LogP contribution in [0.25, 0.3) is 0 Å². The molecule has 4 heteroatoms. The molecule has 1 unspecified atom stereocenters. The van der Waals surface area contributed by atoms with Crippen LogP contribution in [-0.4, -0.2) is 47.3 Å². The van der Waals surface area contributed by atoms with Gasteiger partial charge in [0, 0.05) is 30.3 Å². The highest BCUT2D eigenvalue weighted by Crippen LogP contribution is 2.27. The highest BCUT2D eigenvalue weighted by atomic mass is 16.2. The predicted molar refractivity (Wildman–Crippen MR) is 60.7 cm³/mol. The lowest BCUT2D eigenvalue weighted by molar-refractivity contribution is -0.138. The first-order valence-electron chi connectivity index (χ1n) is 5.76. The molecule has 1 saturated carbocycles. The fourth-order valence-corrected chi connectivity index (χ4v) is 2.05. The van der Waals surface area contributed by atoms with E-state index in [1.165, 1.54) is 23.8 Å². The van der Waals surface area contributed by atoms with Crippen molar-refractivity contribution in [3.8, 4) is 0 Å². The summed E-state index contributed by atoms with van der Waals surface area (Å²) in [5.41, 5.74) is 0.547. The highest BCUT2D eigenvalue weighted by molar-refractivity contribution is 6.15. The number of rotatable bonds is 4. The van der Waals surface area contributed by atoms with E-state index in [4.69, 9.17) is 0 Å². The van der Waals surface area contributed by atoms with Gasteiger partial charge in [0.05, 0.1) is 0 Å². The zero-order valence-corrected chi connectivity index (χ0v) is 10.1. The Hall–Kier alpha value is -1.16. The second-order valence-corrected chi connectivity index (χ2v) is 4.83. The maximum absolute atomic E-state index is 11.7. The lowest BCUT2D eigenvalue weighted by Crippen LogP contribution is -2.44. The number of likely N-dealkylation sites (N-methyl/N-ethyl adjacent to an activating group) is 1. The van der Waals surface area contributed by atoms with E-state index in [9.17, 15) is 9.59 Å². The molecule has 88 valence electrons. The monoisotopic (exact) mass is 222 g/mol. The molecule has 1 atom stereocenters. The molecule has 1 fully saturated rings. The number of hydrogen-bond acceptors (Lipinski definition) is 3. The maximum Gasteiger partial charge on any atom is 0.256 e. The van der Waals surface area contributed by atoms with Gasteiger partial charge >= 0.3 is 0 Å². The summed E-state index contributed by atoms with van der Waals surface area (Å²) in [7, 11) is 2.06. The lowest BCUT2D eigenvalue weighted by Gasteiger charge is -2.27. The molecular formula is C12H18N2O2. The Balaban J connectivity index is 1.94. The van der Waals surface area contributed by atoms with Gasteiger partial charge in [0.2, 0.25) is 0 Å². The molecule has 16 heavy (non-hydrogen) atoms. The van der Waals surface area contributed by atoms with Gasteiger partial charge in [-0.25, -0.2) is 0 Å². The topological polar surface area (TPSA) is 40.6 Å². The Morgan fingerprint density at radius 1 is 1.50 bits per heavy atom. The van der Waals surface area contributed by atoms with E-state index in [1.54, 1.807) is 6.92 Å². The maximum atomic E-state index is 11.7. The van der Waals surface area contributed by atoms with Crippen LogP contribution in [0.15, 0.2) is 11.6 Å². The van der Waals surface area contributed by atoms with Crippen LogP contribution in [0.2, 0.25) is 0 Å². The molecule has 1 aliphatic heterocycles. The largest absolute Gasteiger partial charge is 0.299 e. The smallest absolute Gasteiger partial charge is 0.256 e. The van der Waals surface area contributed by atoms with Gasteiger partial charge in [-0.2, -0.15) is 0 Å². The Morgan fingerprint density at radius 2 is 2.12 bits per heavy atom. The molecule has 0 saturated heterocycles. The fraction of sp³-hybridized carbons (Fsp3) is 0.667. The van der Waals surface area contributed by atoms with Crippen molar-refractivity contribution in [2.45, 2.75) is 38.8 Å². The van der Waals surface area contributed by atoms with Gasteiger partial charge in [-0.15, -0.1) is 0 Å². The van der Waals surface area contributed by atoms with Gasteiger partial charge in [0.1, 0.15) is 0 Å². The van der Waals surface area contributed by atoms with Crippen LogP contribution < -0.4 is 0 Å². The van der Waals surface area contributed by atoms with Gasteiger partial charge in [-0.05, 0) is 33.7 Å². The molecular weight excluding hydrogens is 204 g/mol. The van der Waals surface area contributed by atoms with E-state index in [0.29, 0.717) is 18.2 Å². The predicted octanol–water partition coefficient (Wildman–Crippen LogP) is 0.784. The third-order valence-corrected chi connectivity index (χ3v) is 3.45. The molecule has 2 rings (SSSR count). The molecule has 2 aliphatic rings. The number of hydrogen-bond donors (Lipinski definition) is 0. The summed E-state index contributed by atoms with van der Waals surface area (Å²) >= 11 is 0. The Bertz CT molecular complexity index is 358. The third kappa shape index (κ3) is 2.02. The molecule has 0 radical (unpaired) electrons. The van der Waals surface area contributed by atoms with E-state index < -0.39 is 0 Å². The molecule has 0 bridgehead atoms. The van der Waals surface area contributed by atoms with Crippen LogP contribution >= 0.6 is 0 Å². The summed E-state index contributed by atoms with van der Waals surface area (Å²) in [6, 6.07) is 0.886. The zero-order chi connectivity index (χ0) is 11.9. The van der Waals surface area contributed by atoms with Crippen LogP contribution in [0.4, 0.5) is 0 Å². The van der Waals surface area contributed by atoms with Crippen LogP contribution in [0.5, 0.6) is 0 Å². The van der Waals surface area contributed by atoms with E-state index in [1.807, 2.05) is 0 Å². The van der Waals surface area contributed by atoms with Crippen molar-refractivity contribution in [2.75, 3.05) is 13.6 Å². The van der Waals surface area contributed by atoms with Crippen molar-refractivity contribution in [1.82, 2.24) is 9.80 Å². The summed E-state index contributed by atoms with van der Waals surface area (Å²) in [6.45, 7) is 4.25. The van der Waals surface area contributed by atoms with Crippen molar-refractivity contribution in [3.63, 3.8) is 0 Å². The van der Waals surface area contributed by atoms with Crippen molar-refractivity contribution >= 4 is 11.8 Å². The van der Waals surface area contributed by atoms with Gasteiger partial charge in [0.25, 0.3) is 11.8 Å². The highest BCUT2D eigenvalue weighted by Gasteiger charge is 2.34. The number of nitrogens with zero attached hydrogens (tertiary/aromatic N) is 2. The number of carbonyl (C=O) groups excluding carboxylic acids is 2. The van der Waals surface area contributed by atoms with Crippen molar-refractivity contribution in [3.05, 3.63) is 11.6 Å². The first-order valence-corrected chi connectivity index (χ1v) is 5.76. The third-order valence-electron chi connectivity index (χ3n) is 3.45. The van der Waals surface area contributed by atoms with Crippen LogP contribution in [0.3, 0.4) is 0 Å². The normalized spacial score (nSPS) is 23.0. The first-order chi connectivity index (χ1) is 7.50. The minimum absolute atomic E-state index is 0.138. The minimum atomic E-state index is -0.168. The Kier molecular flexibility index (Phi) is 2.84. The van der Waals surface area contributed by atoms with Gasteiger partial charge in [-0.3, -0.25) is 19.4 Å². The average molecular weight is 222 g/mol. The summed E-state index contributed by atoms with van der Waals surface area (Å²) in [5, 5.41) is 0. The average Bonchev–Trinajstić information content (AvgIpc) is 3.03.